The normalized spacial score (nSPS) is 11.3. The molecule has 0 radical (unpaired) electrons. The second-order valence-electron chi connectivity index (χ2n) is 15.3. The Hall–Kier alpha value is -9.40. The molecule has 0 aliphatic heterocycles. The number of halogens is 3. The number of hydrogen-bond donors (Lipinski definition) is 0. The van der Waals surface area contributed by atoms with E-state index in [1.165, 1.54) is 30.3 Å². The van der Waals surface area contributed by atoms with Gasteiger partial charge in [0.2, 0.25) is 0 Å². The van der Waals surface area contributed by atoms with Gasteiger partial charge in [0.15, 0.2) is 0 Å². The van der Waals surface area contributed by atoms with Crippen LogP contribution in [-0.4, -0.2) is 9.13 Å². The van der Waals surface area contributed by atoms with Crippen molar-refractivity contribution >= 4 is 43.6 Å². The van der Waals surface area contributed by atoms with Gasteiger partial charge in [0, 0.05) is 27.1 Å². The van der Waals surface area contributed by atoms with E-state index in [1.807, 2.05) is 94.1 Å². The van der Waals surface area contributed by atoms with Gasteiger partial charge >= 0.3 is 6.18 Å². The Balaban J connectivity index is 1.36. The molecule has 0 saturated heterocycles. The Kier molecular flexibility index (Phi) is 9.06. The summed E-state index contributed by atoms with van der Waals surface area (Å²) >= 11 is 0. The molecular formula is C54H26F3N7. The van der Waals surface area contributed by atoms with E-state index >= 15 is 0 Å². The zero-order valence-corrected chi connectivity index (χ0v) is 33.3. The van der Waals surface area contributed by atoms with Crippen LogP contribution in [0.1, 0.15) is 33.4 Å². The first kappa shape index (κ1) is 38.8. The Morgan fingerprint density at radius 1 is 0.359 bits per heavy atom. The predicted molar refractivity (Wildman–Crippen MR) is 240 cm³/mol. The van der Waals surface area contributed by atoms with Gasteiger partial charge in [-0.2, -0.15) is 39.5 Å². The molecular weight excluding hydrogens is 804 g/mol. The highest BCUT2D eigenvalue weighted by Crippen LogP contribution is 2.45. The van der Waals surface area contributed by atoms with Gasteiger partial charge in [-0.05, 0) is 107 Å². The van der Waals surface area contributed by atoms with E-state index in [-0.39, 0.29) is 16.7 Å². The number of nitriles is 5. The van der Waals surface area contributed by atoms with Crippen molar-refractivity contribution in [1.29, 1.82) is 26.3 Å². The van der Waals surface area contributed by atoms with Crippen molar-refractivity contribution in [3.05, 3.63) is 191 Å². The molecule has 0 N–H and O–H groups in total. The fraction of sp³-hybridized carbons (Fsp3) is 0.0185. The molecule has 0 fully saturated rings. The smallest absolute Gasteiger partial charge is 0.307 e. The maximum absolute atomic E-state index is 14.8. The van der Waals surface area contributed by atoms with Crippen LogP contribution in [0, 0.1) is 56.7 Å². The molecule has 0 bridgehead atoms. The maximum Gasteiger partial charge on any atom is 0.417 e. The quantitative estimate of drug-likeness (QED) is 0.171. The van der Waals surface area contributed by atoms with Gasteiger partial charge in [0.05, 0.1) is 97.2 Å². The molecule has 0 unspecified atom stereocenters. The van der Waals surface area contributed by atoms with E-state index in [9.17, 15) is 39.5 Å². The predicted octanol–water partition coefficient (Wildman–Crippen LogP) is 13.3. The van der Waals surface area contributed by atoms with Gasteiger partial charge in [0.25, 0.3) is 0 Å². The number of fused-ring (bicyclic) bond motifs is 6. The molecule has 0 atom stereocenters. The van der Waals surface area contributed by atoms with E-state index in [4.69, 9.17) is 0 Å². The number of rotatable bonds is 5. The number of benzene rings is 8. The van der Waals surface area contributed by atoms with Crippen LogP contribution in [0.4, 0.5) is 13.2 Å². The third-order valence-electron chi connectivity index (χ3n) is 11.6. The van der Waals surface area contributed by atoms with Gasteiger partial charge in [-0.1, -0.05) is 78.9 Å². The average molecular weight is 830 g/mol. The van der Waals surface area contributed by atoms with Crippen molar-refractivity contribution in [3.8, 4) is 75.1 Å². The van der Waals surface area contributed by atoms with E-state index in [0.29, 0.717) is 66.9 Å². The molecule has 8 aromatic carbocycles. The molecule has 0 amide bonds. The molecule has 2 heterocycles. The molecule has 10 heteroatoms. The van der Waals surface area contributed by atoms with Crippen LogP contribution in [0.2, 0.25) is 0 Å². The summed E-state index contributed by atoms with van der Waals surface area (Å²) in [6.07, 6.45) is -4.73. The second-order valence-corrected chi connectivity index (χ2v) is 15.3. The monoisotopic (exact) mass is 829 g/mol. The van der Waals surface area contributed by atoms with Crippen molar-refractivity contribution < 1.29 is 13.2 Å². The Bertz CT molecular complexity index is 3790. The summed E-state index contributed by atoms with van der Waals surface area (Å²) in [5.41, 5.74) is 6.79. The molecule has 0 saturated carbocycles. The number of para-hydroxylation sites is 2. The summed E-state index contributed by atoms with van der Waals surface area (Å²) in [4.78, 5) is 0. The van der Waals surface area contributed by atoms with Gasteiger partial charge < -0.3 is 9.13 Å². The molecule has 298 valence electrons. The molecule has 7 nitrogen and oxygen atoms in total. The lowest BCUT2D eigenvalue weighted by molar-refractivity contribution is -0.137. The molecule has 2 aromatic heterocycles. The fourth-order valence-corrected chi connectivity index (χ4v) is 8.88. The summed E-state index contributed by atoms with van der Waals surface area (Å²) in [6.45, 7) is 0. The SMILES string of the molecule is N#Cc1cc(C#N)cc(-c2ccc3c4ccccc4n(-c4cc(C#N)c(-c5ccccc5C(F)(F)F)cc4-n4c5ccccc5c5ccc(-c6cc(C#N)cc(C#N)c6)cc54)c3c2)c1. The summed E-state index contributed by atoms with van der Waals surface area (Å²) in [5, 5.41) is 53.6. The number of nitrogens with zero attached hydrogens (tertiary/aromatic N) is 7. The number of aromatic nitrogens is 2. The van der Waals surface area contributed by atoms with Crippen LogP contribution in [0.5, 0.6) is 0 Å². The highest BCUT2D eigenvalue weighted by Gasteiger charge is 2.34. The third kappa shape index (κ3) is 6.26. The van der Waals surface area contributed by atoms with Gasteiger partial charge in [-0.25, -0.2) is 0 Å². The number of alkyl halides is 3. The summed E-state index contributed by atoms with van der Waals surface area (Å²) in [6, 6.07) is 56.3. The second kappa shape index (κ2) is 14.9. The first-order valence-electron chi connectivity index (χ1n) is 19.9. The molecule has 64 heavy (non-hydrogen) atoms. The molecule has 0 aliphatic rings. The van der Waals surface area contributed by atoms with Crippen LogP contribution < -0.4 is 0 Å². The lowest BCUT2D eigenvalue weighted by atomic mass is 9.94. The Morgan fingerprint density at radius 2 is 0.781 bits per heavy atom. The topological polar surface area (TPSA) is 129 Å². The van der Waals surface area contributed by atoms with Crippen LogP contribution in [-0.2, 0) is 6.18 Å². The van der Waals surface area contributed by atoms with Crippen LogP contribution >= 0.6 is 0 Å². The highest BCUT2D eigenvalue weighted by molar-refractivity contribution is 6.13. The average Bonchev–Trinajstić information content (AvgIpc) is 3.84. The lowest BCUT2D eigenvalue weighted by Crippen LogP contribution is -2.09. The van der Waals surface area contributed by atoms with Crippen LogP contribution in [0.25, 0.3) is 88.4 Å². The van der Waals surface area contributed by atoms with E-state index < -0.39 is 11.7 Å². The van der Waals surface area contributed by atoms with Crippen LogP contribution in [0.3, 0.4) is 0 Å². The summed E-state index contributed by atoms with van der Waals surface area (Å²) in [5.74, 6) is 0. The maximum atomic E-state index is 14.8. The summed E-state index contributed by atoms with van der Waals surface area (Å²) < 4.78 is 48.5. The van der Waals surface area contributed by atoms with Crippen molar-refractivity contribution in [3.63, 3.8) is 0 Å². The van der Waals surface area contributed by atoms with E-state index in [1.54, 1.807) is 36.4 Å². The van der Waals surface area contributed by atoms with Crippen molar-refractivity contribution in [1.82, 2.24) is 9.13 Å². The lowest BCUT2D eigenvalue weighted by Gasteiger charge is -2.21. The van der Waals surface area contributed by atoms with Crippen molar-refractivity contribution in [2.45, 2.75) is 6.18 Å². The minimum absolute atomic E-state index is 0.0109. The minimum atomic E-state index is -4.73. The Labute approximate surface area is 363 Å². The molecule has 10 aromatic rings. The summed E-state index contributed by atoms with van der Waals surface area (Å²) in [7, 11) is 0. The third-order valence-corrected chi connectivity index (χ3v) is 11.6. The zero-order valence-electron chi connectivity index (χ0n) is 33.3. The highest BCUT2D eigenvalue weighted by atomic mass is 19.4. The Morgan fingerprint density at radius 3 is 1.23 bits per heavy atom. The van der Waals surface area contributed by atoms with Crippen LogP contribution in [0.15, 0.2) is 158 Å². The van der Waals surface area contributed by atoms with E-state index in [0.717, 1.165) is 38.6 Å². The molecule has 0 spiro atoms. The number of hydrogen-bond acceptors (Lipinski definition) is 5. The first-order valence-corrected chi connectivity index (χ1v) is 19.9. The van der Waals surface area contributed by atoms with Crippen molar-refractivity contribution in [2.24, 2.45) is 0 Å². The van der Waals surface area contributed by atoms with Crippen molar-refractivity contribution in [2.75, 3.05) is 0 Å². The van der Waals surface area contributed by atoms with Gasteiger partial charge in [-0.3, -0.25) is 0 Å². The fourth-order valence-electron chi connectivity index (χ4n) is 8.88. The molecule has 10 rings (SSSR count). The standard InChI is InChI=1S/C54H26F3N7/c55-54(56,57)47-10-4-1-7-41(47)46-26-53(64-49-12-6-3-9-43(49)45-16-14-37(24-51(45)64)39-21-34(29-60)18-35(22-39)30-61)52(25-40(46)31-62)63-48-11-5-2-8-42(48)44-15-13-36(23-50(44)63)38-19-32(27-58)17-33(20-38)28-59/h1-26H. The first-order chi connectivity index (χ1) is 31.1. The van der Waals surface area contributed by atoms with Gasteiger partial charge in [0.1, 0.15) is 0 Å². The minimum Gasteiger partial charge on any atom is -0.307 e. The van der Waals surface area contributed by atoms with Gasteiger partial charge in [-0.15, -0.1) is 0 Å². The zero-order chi connectivity index (χ0) is 44.3. The molecule has 0 aliphatic carbocycles. The largest absolute Gasteiger partial charge is 0.417 e. The van der Waals surface area contributed by atoms with E-state index in [2.05, 4.69) is 30.3 Å².